The Hall–Kier alpha value is -2.72. The van der Waals surface area contributed by atoms with Crippen LogP contribution in [0.2, 0.25) is 0 Å². The lowest BCUT2D eigenvalue weighted by atomic mass is 10.1. The van der Waals surface area contributed by atoms with E-state index in [4.69, 9.17) is 9.15 Å². The first-order valence-corrected chi connectivity index (χ1v) is 9.85. The minimum Gasteiger partial charge on any atom is -0.422 e. The number of anilines is 2. The third-order valence-corrected chi connectivity index (χ3v) is 4.58. The summed E-state index contributed by atoms with van der Waals surface area (Å²) in [5.41, 5.74) is 0.160. The number of hydrogen-bond donors (Lipinski definition) is 1. The Morgan fingerprint density at radius 2 is 1.88 bits per heavy atom. The van der Waals surface area contributed by atoms with E-state index in [-0.39, 0.29) is 11.3 Å². The average Bonchev–Trinajstić information content (AvgIpc) is 2.60. The smallest absolute Gasteiger partial charge is 0.349 e. The maximum Gasteiger partial charge on any atom is 0.349 e. The van der Waals surface area contributed by atoms with Gasteiger partial charge >= 0.3 is 5.63 Å². The van der Waals surface area contributed by atoms with Crippen LogP contribution in [0.15, 0.2) is 33.5 Å². The maximum atomic E-state index is 12.6. The highest BCUT2D eigenvalue weighted by molar-refractivity contribution is 7.91. The number of aromatic nitrogens is 2. The molecule has 10 heteroatoms. The van der Waals surface area contributed by atoms with Gasteiger partial charge in [-0.1, -0.05) is 12.1 Å². The zero-order valence-corrected chi connectivity index (χ0v) is 14.7. The van der Waals surface area contributed by atoms with E-state index in [1.54, 1.807) is 24.3 Å². The molecular weight excluding hydrogens is 360 g/mol. The van der Waals surface area contributed by atoms with Crippen LogP contribution in [0.3, 0.4) is 0 Å². The molecule has 0 aliphatic carbocycles. The van der Waals surface area contributed by atoms with E-state index in [1.165, 1.54) is 0 Å². The fourth-order valence-corrected chi connectivity index (χ4v) is 3.37. The molecule has 0 atom stereocenters. The van der Waals surface area contributed by atoms with Gasteiger partial charge in [0.05, 0.1) is 25.0 Å². The van der Waals surface area contributed by atoms with Crippen molar-refractivity contribution in [3.8, 4) is 0 Å². The van der Waals surface area contributed by atoms with Gasteiger partial charge in [0.1, 0.15) is 16.8 Å². The van der Waals surface area contributed by atoms with Crippen molar-refractivity contribution in [1.82, 2.24) is 9.97 Å². The van der Waals surface area contributed by atoms with Crippen molar-refractivity contribution < 1.29 is 17.6 Å². The Labute approximate surface area is 148 Å². The average molecular weight is 376 g/mol. The summed E-state index contributed by atoms with van der Waals surface area (Å²) in [5, 5.41) is 0.834. The molecule has 0 spiro atoms. The van der Waals surface area contributed by atoms with Crippen molar-refractivity contribution in [2.75, 3.05) is 42.2 Å². The molecule has 0 bridgehead atoms. The predicted octanol–water partition coefficient (Wildman–Crippen LogP) is 0.944. The molecule has 3 aromatic rings. The van der Waals surface area contributed by atoms with E-state index in [2.05, 4.69) is 14.7 Å². The molecule has 0 radical (unpaired) electrons. The van der Waals surface area contributed by atoms with Crippen LogP contribution < -0.4 is 15.2 Å². The van der Waals surface area contributed by atoms with Gasteiger partial charge in [0.2, 0.25) is 16.0 Å². The summed E-state index contributed by atoms with van der Waals surface area (Å²) in [7, 11) is -3.58. The summed E-state index contributed by atoms with van der Waals surface area (Å²) >= 11 is 0. The zero-order chi connectivity index (χ0) is 18.3. The summed E-state index contributed by atoms with van der Waals surface area (Å²) in [4.78, 5) is 23.0. The van der Waals surface area contributed by atoms with Crippen LogP contribution in [0, 0.1) is 0 Å². The van der Waals surface area contributed by atoms with Gasteiger partial charge in [0.25, 0.3) is 0 Å². The molecule has 1 N–H and O–H groups in total. The monoisotopic (exact) mass is 376 g/mol. The van der Waals surface area contributed by atoms with E-state index in [0.717, 1.165) is 6.26 Å². The second-order valence-corrected chi connectivity index (χ2v) is 7.70. The first-order valence-electron chi connectivity index (χ1n) is 7.96. The summed E-state index contributed by atoms with van der Waals surface area (Å²) < 4.78 is 36.4. The molecule has 4 rings (SSSR count). The van der Waals surface area contributed by atoms with Crippen LogP contribution in [0.5, 0.6) is 0 Å². The standard InChI is InChI=1S/C16H16N4O5S/c1-26(22,23)19-16-17-13-10-4-2-3-5-11(10)25-15(21)12(13)14(18-16)20-6-8-24-9-7-20/h2-5H,6-9H2,1H3,(H,17,18,19). The second kappa shape index (κ2) is 6.22. The van der Waals surface area contributed by atoms with Crippen LogP contribution in [0.1, 0.15) is 0 Å². The highest BCUT2D eigenvalue weighted by atomic mass is 32.2. The number of rotatable bonds is 3. The van der Waals surface area contributed by atoms with Crippen molar-refractivity contribution in [3.63, 3.8) is 0 Å². The maximum absolute atomic E-state index is 12.6. The van der Waals surface area contributed by atoms with E-state index in [1.807, 2.05) is 4.90 Å². The van der Waals surface area contributed by atoms with Gasteiger partial charge in [-0.25, -0.2) is 18.2 Å². The van der Waals surface area contributed by atoms with Crippen LogP contribution in [-0.4, -0.2) is 50.9 Å². The summed E-state index contributed by atoms with van der Waals surface area (Å²) in [6.45, 7) is 2.02. The Kier molecular flexibility index (Phi) is 4.00. The summed E-state index contributed by atoms with van der Waals surface area (Å²) in [6.07, 6.45) is 1.02. The number of fused-ring (bicyclic) bond motifs is 3. The van der Waals surface area contributed by atoms with Crippen LogP contribution in [0.4, 0.5) is 11.8 Å². The molecule has 26 heavy (non-hydrogen) atoms. The lowest BCUT2D eigenvalue weighted by Crippen LogP contribution is -2.37. The van der Waals surface area contributed by atoms with Crippen LogP contribution in [0.25, 0.3) is 21.9 Å². The Balaban J connectivity index is 2.06. The topological polar surface area (TPSA) is 115 Å². The van der Waals surface area contributed by atoms with E-state index < -0.39 is 15.6 Å². The number of ether oxygens (including phenoxy) is 1. The van der Waals surface area contributed by atoms with Crippen molar-refractivity contribution in [3.05, 3.63) is 34.7 Å². The number of benzene rings is 1. The lowest BCUT2D eigenvalue weighted by molar-refractivity contribution is 0.122. The van der Waals surface area contributed by atoms with E-state index >= 15 is 0 Å². The fraction of sp³-hybridized carbons (Fsp3) is 0.312. The van der Waals surface area contributed by atoms with Gasteiger partial charge in [0.15, 0.2) is 0 Å². The first-order chi connectivity index (χ1) is 12.4. The van der Waals surface area contributed by atoms with Gasteiger partial charge in [-0.3, -0.25) is 4.72 Å². The second-order valence-electron chi connectivity index (χ2n) is 5.95. The van der Waals surface area contributed by atoms with Crippen molar-refractivity contribution >= 4 is 43.7 Å². The third kappa shape index (κ3) is 3.08. The van der Waals surface area contributed by atoms with Crippen molar-refractivity contribution in [1.29, 1.82) is 0 Å². The van der Waals surface area contributed by atoms with E-state index in [9.17, 15) is 13.2 Å². The Morgan fingerprint density at radius 3 is 2.62 bits per heavy atom. The van der Waals surface area contributed by atoms with E-state index in [0.29, 0.717) is 48.6 Å². The van der Waals surface area contributed by atoms with Gasteiger partial charge in [0, 0.05) is 18.5 Å². The summed E-state index contributed by atoms with van der Waals surface area (Å²) in [6, 6.07) is 6.97. The highest BCUT2D eigenvalue weighted by Crippen LogP contribution is 2.29. The number of hydrogen-bond acceptors (Lipinski definition) is 8. The predicted molar refractivity (Wildman–Crippen MR) is 97.1 cm³/mol. The largest absolute Gasteiger partial charge is 0.422 e. The Bertz CT molecular complexity index is 1150. The molecule has 0 amide bonds. The number of para-hydroxylation sites is 1. The number of nitrogens with one attached hydrogen (secondary N) is 1. The zero-order valence-electron chi connectivity index (χ0n) is 13.9. The van der Waals surface area contributed by atoms with Gasteiger partial charge in [-0.2, -0.15) is 4.98 Å². The molecule has 1 saturated heterocycles. The normalized spacial score (nSPS) is 15.5. The molecule has 1 aliphatic rings. The number of morpholine rings is 1. The quantitative estimate of drug-likeness (QED) is 0.531. The number of nitrogens with zero attached hydrogens (tertiary/aromatic N) is 3. The molecule has 0 saturated carbocycles. The third-order valence-electron chi connectivity index (χ3n) is 4.03. The Morgan fingerprint density at radius 1 is 1.15 bits per heavy atom. The molecule has 136 valence electrons. The molecule has 1 fully saturated rings. The molecule has 1 aromatic carbocycles. The van der Waals surface area contributed by atoms with Gasteiger partial charge in [-0.05, 0) is 12.1 Å². The van der Waals surface area contributed by atoms with Crippen LogP contribution in [-0.2, 0) is 14.8 Å². The minimum absolute atomic E-state index is 0.0859. The SMILES string of the molecule is CS(=O)(=O)Nc1nc(N2CCOCC2)c2c(=O)oc3ccccc3c2n1. The fourth-order valence-electron chi connectivity index (χ4n) is 2.95. The lowest BCUT2D eigenvalue weighted by Gasteiger charge is -2.28. The molecule has 2 aromatic heterocycles. The minimum atomic E-state index is -3.58. The van der Waals surface area contributed by atoms with Crippen LogP contribution >= 0.6 is 0 Å². The summed E-state index contributed by atoms with van der Waals surface area (Å²) in [5.74, 6) is 0.251. The molecular formula is C16H16N4O5S. The molecule has 0 unspecified atom stereocenters. The molecule has 9 nitrogen and oxygen atoms in total. The van der Waals surface area contributed by atoms with Gasteiger partial charge in [-0.15, -0.1) is 0 Å². The molecule has 3 heterocycles. The van der Waals surface area contributed by atoms with Crippen molar-refractivity contribution in [2.24, 2.45) is 0 Å². The first kappa shape index (κ1) is 16.7. The van der Waals surface area contributed by atoms with Crippen molar-refractivity contribution in [2.45, 2.75) is 0 Å². The highest BCUT2D eigenvalue weighted by Gasteiger charge is 2.22. The molecule has 1 aliphatic heterocycles. The number of sulfonamides is 1. The van der Waals surface area contributed by atoms with Gasteiger partial charge < -0.3 is 14.1 Å².